The third-order valence-electron chi connectivity index (χ3n) is 17.6. The second-order valence-electron chi connectivity index (χ2n) is 28.4. The van der Waals surface area contributed by atoms with E-state index >= 15 is 0 Å². The summed E-state index contributed by atoms with van der Waals surface area (Å²) in [7, 11) is 3.29. The van der Waals surface area contributed by atoms with Gasteiger partial charge in [-0.15, -0.1) is 0 Å². The fourth-order valence-electron chi connectivity index (χ4n) is 12.2. The molecule has 13 rings (SSSR count). The summed E-state index contributed by atoms with van der Waals surface area (Å²) in [6, 6.07) is 96.7. The van der Waals surface area contributed by atoms with E-state index in [1.807, 2.05) is 0 Å². The Morgan fingerprint density at radius 3 is 0.685 bits per heavy atom. The monoisotopic (exact) mass is 1220 g/mol. The van der Waals surface area contributed by atoms with Crippen molar-refractivity contribution < 1.29 is 0 Å². The number of rotatable bonds is 11. The quantitative estimate of drug-likeness (QED) is 0.0419. The van der Waals surface area contributed by atoms with Crippen LogP contribution in [0.5, 0.6) is 0 Å². The van der Waals surface area contributed by atoms with E-state index in [4.69, 9.17) is 1.34 Å². The van der Waals surface area contributed by atoms with Crippen LogP contribution in [0.4, 0.5) is 34.1 Å². The molecular weight excluding hydrogens is 1130 g/mol. The van der Waals surface area contributed by atoms with E-state index in [-0.39, 0.29) is 21.7 Å². The number of anilines is 6. The van der Waals surface area contributed by atoms with Gasteiger partial charge in [-0.1, -0.05) is 277 Å². The van der Waals surface area contributed by atoms with Crippen molar-refractivity contribution in [3.8, 4) is 11.1 Å². The maximum Gasteiger partial charge on any atom is 0.116 e. The standard InChI is InChI=1S/C52H40N2.C36H44.BH3P/c1-5-13-47(14-6-1)53(48-15-7-2-8-16-48)51-37-29-43(30-38-51)23-21-41-25-33-45(34-26-41)46-35-27-42(28-36-46)22-24-44-31-39-52(40-32-44)54(49-17-9-3-10-18-49)50-19-11-4-12-20-50;1-33(2,3)23-13-21-14-24(34(4,5)6)19-29-30-20-26(36(10,11)12)16-22-15-25(35(7,8)9)18-28(32(22)30)27(17-23)31(21)29;1-2/h1-40H;13-20H,1-12H3;1H,2H2/b23-21+,24-22+;;/i;;1T. The van der Waals surface area contributed by atoms with Crippen LogP contribution in [0.15, 0.2) is 267 Å². The van der Waals surface area contributed by atoms with Gasteiger partial charge in [-0.3, -0.25) is 0 Å². The third-order valence-corrected chi connectivity index (χ3v) is 17.6. The van der Waals surface area contributed by atoms with Gasteiger partial charge in [0.25, 0.3) is 0 Å². The molecule has 0 aliphatic carbocycles. The Labute approximate surface area is 553 Å². The van der Waals surface area contributed by atoms with Gasteiger partial charge in [0, 0.05) is 34.1 Å². The van der Waals surface area contributed by atoms with Crippen LogP contribution in [0.1, 0.15) is 128 Å². The molecule has 2 nitrogen and oxygen atoms in total. The number of hydrogen-bond acceptors (Lipinski definition) is 2. The molecule has 1 unspecified atom stereocenters. The van der Waals surface area contributed by atoms with Gasteiger partial charge >= 0.3 is 0 Å². The van der Waals surface area contributed by atoms with Crippen LogP contribution in [-0.2, 0) is 21.7 Å². The van der Waals surface area contributed by atoms with E-state index in [0.717, 1.165) is 45.3 Å². The summed E-state index contributed by atoms with van der Waals surface area (Å²) in [5.41, 5.74) is 19.8. The third kappa shape index (κ3) is 14.4. The number of para-hydroxylation sites is 4. The lowest BCUT2D eigenvalue weighted by Gasteiger charge is -2.28. The summed E-state index contributed by atoms with van der Waals surface area (Å²) in [4.78, 5) is 4.56. The molecule has 0 N–H and O–H groups in total. The molecule has 0 fully saturated rings. The first-order valence-corrected chi connectivity index (χ1v) is 33.0. The Bertz CT molecular complexity index is 4190. The molecule has 0 amide bonds. The minimum Gasteiger partial charge on any atom is -0.311 e. The van der Waals surface area contributed by atoms with Crippen molar-refractivity contribution >= 4 is 118 Å². The van der Waals surface area contributed by atoms with Crippen molar-refractivity contribution in [1.29, 1.82) is 1.34 Å². The average Bonchev–Trinajstić information content (AvgIpc) is 0.705. The molecule has 13 aromatic carbocycles. The first-order chi connectivity index (χ1) is 44.5. The molecule has 0 aromatic heterocycles. The van der Waals surface area contributed by atoms with Crippen molar-refractivity contribution in [2.75, 3.05) is 9.80 Å². The minimum absolute atomic E-state index is 0.0830. The Kier molecular flexibility index (Phi) is 18.4. The van der Waals surface area contributed by atoms with Gasteiger partial charge in [-0.2, -0.15) is 9.12 Å². The molecule has 1 radical (unpaired) electrons. The molecular formula is C88H87BN2P. The Morgan fingerprint density at radius 1 is 0.283 bits per heavy atom. The molecule has 0 saturated carbocycles. The van der Waals surface area contributed by atoms with E-state index in [1.165, 1.54) is 95.1 Å². The van der Waals surface area contributed by atoms with E-state index in [1.54, 1.807) is 0 Å². The van der Waals surface area contributed by atoms with E-state index < -0.39 is 0 Å². The summed E-state index contributed by atoms with van der Waals surface area (Å²) in [6.45, 7) is 28.0. The van der Waals surface area contributed by atoms with Gasteiger partial charge in [-0.25, -0.2) is 0 Å². The zero-order valence-corrected chi connectivity index (χ0v) is 56.9. The first-order valence-electron chi connectivity index (χ1n) is 32.9. The molecule has 0 aliphatic heterocycles. The van der Waals surface area contributed by atoms with Crippen LogP contribution < -0.4 is 9.80 Å². The molecule has 0 bridgehead atoms. The van der Waals surface area contributed by atoms with Gasteiger partial charge in [-0.05, 0) is 219 Å². The lowest BCUT2D eigenvalue weighted by atomic mass is 9.76. The van der Waals surface area contributed by atoms with E-state index in [9.17, 15) is 0 Å². The molecule has 1 atom stereocenters. The predicted octanol–water partition coefficient (Wildman–Crippen LogP) is 25.2. The maximum absolute atomic E-state index is 6.05. The second-order valence-corrected chi connectivity index (χ2v) is 28.4. The van der Waals surface area contributed by atoms with E-state index in [2.05, 4.69) is 393 Å². The van der Waals surface area contributed by atoms with Crippen LogP contribution in [0.2, 0.25) is 0 Å². The fraction of sp³-hybridized carbons (Fsp3) is 0.182. The predicted molar refractivity (Wildman–Crippen MR) is 411 cm³/mol. The van der Waals surface area contributed by atoms with Gasteiger partial charge in [0.1, 0.15) is 7.53 Å². The van der Waals surface area contributed by atoms with Crippen LogP contribution >= 0.6 is 9.12 Å². The van der Waals surface area contributed by atoms with Crippen LogP contribution in [0.3, 0.4) is 0 Å². The van der Waals surface area contributed by atoms with Crippen molar-refractivity contribution in [3.05, 3.63) is 311 Å². The van der Waals surface area contributed by atoms with Gasteiger partial charge in [0.15, 0.2) is 0 Å². The highest BCUT2D eigenvalue weighted by molar-refractivity contribution is 7.49. The fourth-order valence-corrected chi connectivity index (χ4v) is 12.2. The number of benzene rings is 13. The van der Waals surface area contributed by atoms with Crippen LogP contribution in [0, 0.1) is 0 Å². The number of nitrogens with zero attached hydrogens (tertiary/aromatic N) is 2. The normalized spacial score (nSPS) is 12.2. The van der Waals surface area contributed by atoms with E-state index in [0.29, 0.717) is 0 Å². The summed E-state index contributed by atoms with van der Waals surface area (Å²) < 4.78 is 6.05. The molecule has 0 spiro atoms. The lowest BCUT2D eigenvalue weighted by molar-refractivity contribution is 0.589. The number of fused-ring (bicyclic) bond motifs is 2. The Hall–Kier alpha value is -9.27. The largest absolute Gasteiger partial charge is 0.311 e. The van der Waals surface area contributed by atoms with Crippen molar-refractivity contribution in [2.45, 2.75) is 105 Å². The summed E-state index contributed by atoms with van der Waals surface area (Å²) >= 11 is 0. The molecule has 0 heterocycles. The van der Waals surface area contributed by atoms with Crippen LogP contribution in [-0.4, -0.2) is 8.86 Å². The average molecular weight is 1220 g/mol. The van der Waals surface area contributed by atoms with Crippen molar-refractivity contribution in [3.63, 3.8) is 0 Å². The van der Waals surface area contributed by atoms with Gasteiger partial charge < -0.3 is 9.80 Å². The summed E-state index contributed by atoms with van der Waals surface area (Å²) in [5.74, 6) is 0. The SMILES string of the molecule is C(=C\c1ccc(N(c2ccccc2)c2ccccc2)cc1)/c1ccc(-c2ccc(/C=C/c3ccc(N(c4ccccc4)c4ccccc4)cc3)cc2)cc1.CC(C)(C)c1cc2cc(C(C)(C)C)cc3c4cc(C(C)(C)C)cc5cc(C(C)(C)C)cc(c(c1)c23)c54.[3H][B]P. The molecule has 92 heavy (non-hydrogen) atoms. The topological polar surface area (TPSA) is 6.48 Å². The molecule has 4 heteroatoms. The molecule has 0 saturated heterocycles. The number of hydrogen-bond donors (Lipinski definition) is 0. The highest BCUT2D eigenvalue weighted by atomic mass is 31.0. The Morgan fingerprint density at radius 2 is 0.478 bits per heavy atom. The summed E-state index contributed by atoms with van der Waals surface area (Å²) in [6.07, 6.45) is 8.69. The van der Waals surface area contributed by atoms with Gasteiger partial charge in [0.05, 0.1) is 0 Å². The molecule has 13 aromatic rings. The molecule has 457 valence electrons. The highest BCUT2D eigenvalue weighted by Crippen LogP contribution is 2.47. The second kappa shape index (κ2) is 26.9. The zero-order chi connectivity index (χ0) is 65.7. The Balaban J connectivity index is 0.000000196. The van der Waals surface area contributed by atoms with Gasteiger partial charge in [0.2, 0.25) is 0 Å². The smallest absolute Gasteiger partial charge is 0.116 e. The lowest BCUT2D eigenvalue weighted by Crippen LogP contribution is -2.14. The first kappa shape index (κ1) is 62.9. The van der Waals surface area contributed by atoms with Crippen molar-refractivity contribution in [2.24, 2.45) is 0 Å². The summed E-state index contributed by atoms with van der Waals surface area (Å²) in [5, 5.41) is 11.2. The highest BCUT2D eigenvalue weighted by Gasteiger charge is 2.26. The zero-order valence-electron chi connectivity index (χ0n) is 56.8. The minimum atomic E-state index is 0.0830. The van der Waals surface area contributed by atoms with Crippen molar-refractivity contribution in [1.82, 2.24) is 0 Å². The van der Waals surface area contributed by atoms with Crippen LogP contribution in [0.25, 0.3) is 78.5 Å². The maximum atomic E-state index is 6.05. The molecule has 0 aliphatic rings.